The number of unbranched alkanes of at least 4 members (excludes halogenated alkanes) is 5. The summed E-state index contributed by atoms with van der Waals surface area (Å²) in [6.45, 7) is 4.38. The summed E-state index contributed by atoms with van der Waals surface area (Å²) in [6.07, 6.45) is 14.3. The molecule has 0 nitrogen and oxygen atoms in total. The quantitative estimate of drug-likeness (QED) is 0.465. The van der Waals surface area contributed by atoms with Crippen molar-refractivity contribution in [1.29, 1.82) is 0 Å². The van der Waals surface area contributed by atoms with Crippen molar-refractivity contribution in [2.75, 3.05) is 0 Å². The van der Waals surface area contributed by atoms with E-state index in [1.54, 1.807) is 0 Å². The fourth-order valence-corrected chi connectivity index (χ4v) is 1.60. The second-order valence-corrected chi connectivity index (χ2v) is 4.49. The summed E-state index contributed by atoms with van der Waals surface area (Å²) in [4.78, 5) is 0. The van der Waals surface area contributed by atoms with Gasteiger partial charge < -0.3 is 0 Å². The van der Waals surface area contributed by atoms with Crippen molar-refractivity contribution in [3.8, 4) is 47.9 Å². The van der Waals surface area contributed by atoms with Crippen LogP contribution >= 0.6 is 0 Å². The van der Waals surface area contributed by atoms with E-state index in [-0.39, 0.29) is 5.92 Å². The minimum absolute atomic E-state index is 0.0764. The Hall–Kier alpha value is -1.76. The first-order chi connectivity index (χ1) is 9.35. The van der Waals surface area contributed by atoms with Gasteiger partial charge in [0.25, 0.3) is 0 Å². The van der Waals surface area contributed by atoms with Crippen molar-refractivity contribution in [3.05, 3.63) is 0 Å². The molecule has 1 atom stereocenters. The van der Waals surface area contributed by atoms with Crippen molar-refractivity contribution in [2.45, 2.75) is 65.2 Å². The van der Waals surface area contributed by atoms with Gasteiger partial charge in [-0.25, -0.2) is 0 Å². The zero-order chi connectivity index (χ0) is 14.2. The number of rotatable bonds is 7. The van der Waals surface area contributed by atoms with Crippen molar-refractivity contribution < 1.29 is 0 Å². The Morgan fingerprint density at radius 2 is 1.53 bits per heavy atom. The Morgan fingerprint density at radius 3 is 2.21 bits per heavy atom. The lowest BCUT2D eigenvalue weighted by atomic mass is 10.0. The van der Waals surface area contributed by atoms with Crippen LogP contribution in [0.1, 0.15) is 65.2 Å². The zero-order valence-electron chi connectivity index (χ0n) is 12.3. The second kappa shape index (κ2) is 14.3. The van der Waals surface area contributed by atoms with E-state index in [1.807, 2.05) is 0 Å². The summed E-state index contributed by atoms with van der Waals surface area (Å²) >= 11 is 0. The lowest BCUT2D eigenvalue weighted by Crippen LogP contribution is -1.93. The van der Waals surface area contributed by atoms with Crippen LogP contribution in [0.4, 0.5) is 0 Å². The summed E-state index contributed by atoms with van der Waals surface area (Å²) < 4.78 is 0. The van der Waals surface area contributed by atoms with E-state index in [0.717, 1.165) is 19.3 Å². The van der Waals surface area contributed by atoms with Gasteiger partial charge in [-0.2, -0.15) is 0 Å². The lowest BCUT2D eigenvalue weighted by molar-refractivity contribution is 0.631. The molecule has 0 saturated carbocycles. The van der Waals surface area contributed by atoms with Crippen molar-refractivity contribution >= 4 is 0 Å². The Labute approximate surface area is 119 Å². The summed E-state index contributed by atoms with van der Waals surface area (Å²) in [5.41, 5.74) is 0. The van der Waals surface area contributed by atoms with Gasteiger partial charge in [-0.1, -0.05) is 63.7 Å². The highest BCUT2D eigenvalue weighted by Gasteiger charge is 1.99. The number of hydrogen-bond donors (Lipinski definition) is 0. The Kier molecular flexibility index (Phi) is 13.0. The molecule has 0 aliphatic rings. The average Bonchev–Trinajstić information content (AvgIpc) is 2.43. The lowest BCUT2D eigenvalue weighted by Gasteiger charge is -2.00. The molecule has 0 rings (SSSR count). The maximum Gasteiger partial charge on any atom is 0.0831 e. The van der Waals surface area contributed by atoms with Crippen LogP contribution in [0.2, 0.25) is 0 Å². The number of hydrogen-bond acceptors (Lipinski definition) is 0. The number of terminal acetylenes is 1. The molecule has 0 heteroatoms. The monoisotopic (exact) mass is 252 g/mol. The highest BCUT2D eigenvalue weighted by atomic mass is 14.0. The van der Waals surface area contributed by atoms with Crippen molar-refractivity contribution in [1.82, 2.24) is 0 Å². The van der Waals surface area contributed by atoms with E-state index in [0.29, 0.717) is 0 Å². The first kappa shape index (κ1) is 17.2. The molecule has 0 bridgehead atoms. The van der Waals surface area contributed by atoms with Crippen LogP contribution in [0, 0.1) is 53.8 Å². The molecule has 0 amide bonds. The molecule has 1 unspecified atom stereocenters. The van der Waals surface area contributed by atoms with E-state index in [9.17, 15) is 0 Å². The average molecular weight is 252 g/mol. The Bertz CT molecular complexity index is 428. The van der Waals surface area contributed by atoms with E-state index in [1.165, 1.54) is 32.1 Å². The van der Waals surface area contributed by atoms with Crippen molar-refractivity contribution in [3.63, 3.8) is 0 Å². The predicted octanol–water partition coefficient (Wildman–Crippen LogP) is 4.41. The summed E-state index contributed by atoms with van der Waals surface area (Å²) in [5, 5.41) is 0. The molecule has 0 fully saturated rings. The van der Waals surface area contributed by atoms with Gasteiger partial charge in [-0.15, -0.1) is 6.42 Å². The largest absolute Gasteiger partial charge is 0.106 e. The van der Waals surface area contributed by atoms with E-state index >= 15 is 0 Å². The Balaban J connectivity index is 4.20. The van der Waals surface area contributed by atoms with E-state index < -0.39 is 0 Å². The topological polar surface area (TPSA) is 0 Å². The third-order valence-corrected chi connectivity index (χ3v) is 2.72. The van der Waals surface area contributed by atoms with E-state index in [4.69, 9.17) is 6.42 Å². The molecule has 0 spiro atoms. The molecule has 0 heterocycles. The molecular formula is C19H24. The summed E-state index contributed by atoms with van der Waals surface area (Å²) in [6, 6.07) is 0. The predicted molar refractivity (Wildman–Crippen MR) is 83.9 cm³/mol. The molecule has 100 valence electrons. The van der Waals surface area contributed by atoms with Gasteiger partial charge in [-0.3, -0.25) is 0 Å². The first-order valence-electron chi connectivity index (χ1n) is 7.29. The summed E-state index contributed by atoms with van der Waals surface area (Å²) in [7, 11) is 0. The molecule has 0 aromatic carbocycles. The highest BCUT2D eigenvalue weighted by molar-refractivity contribution is 5.32. The van der Waals surface area contributed by atoms with Gasteiger partial charge in [0, 0.05) is 6.42 Å². The van der Waals surface area contributed by atoms with Crippen LogP contribution in [-0.4, -0.2) is 0 Å². The summed E-state index contributed by atoms with van der Waals surface area (Å²) in [5.74, 6) is 20.1. The van der Waals surface area contributed by atoms with Crippen LogP contribution in [0.25, 0.3) is 0 Å². The molecule has 0 aliphatic heterocycles. The third kappa shape index (κ3) is 12.5. The molecule has 0 saturated heterocycles. The first-order valence-corrected chi connectivity index (χ1v) is 7.29. The molecule has 0 radical (unpaired) electrons. The van der Waals surface area contributed by atoms with Gasteiger partial charge in [-0.05, 0) is 36.5 Å². The van der Waals surface area contributed by atoms with Crippen LogP contribution in [0.15, 0.2) is 0 Å². The van der Waals surface area contributed by atoms with Gasteiger partial charge in [0.2, 0.25) is 0 Å². The second-order valence-electron chi connectivity index (χ2n) is 4.49. The van der Waals surface area contributed by atoms with Crippen LogP contribution in [-0.2, 0) is 0 Å². The molecule has 0 aromatic heterocycles. The molecule has 0 N–H and O–H groups in total. The maximum atomic E-state index is 5.15. The fraction of sp³-hybridized carbons (Fsp3) is 0.579. The third-order valence-electron chi connectivity index (χ3n) is 2.72. The Morgan fingerprint density at radius 1 is 0.842 bits per heavy atom. The zero-order valence-corrected chi connectivity index (χ0v) is 12.3. The standard InChI is InChI=1S/C19H24/c1-4-7-10-11-12-13-15-18-19(16-9-6-3)17-14-8-5-2/h3,19H,4-5,7-8,10-11,14,17H2,1-2H3. The van der Waals surface area contributed by atoms with Gasteiger partial charge in [0.15, 0.2) is 0 Å². The smallest absolute Gasteiger partial charge is 0.0831 e. The maximum absolute atomic E-state index is 5.15. The van der Waals surface area contributed by atoms with Crippen LogP contribution in [0.3, 0.4) is 0 Å². The molecular weight excluding hydrogens is 228 g/mol. The van der Waals surface area contributed by atoms with Gasteiger partial charge >= 0.3 is 0 Å². The van der Waals surface area contributed by atoms with Gasteiger partial charge in [0.1, 0.15) is 0 Å². The fourth-order valence-electron chi connectivity index (χ4n) is 1.60. The van der Waals surface area contributed by atoms with E-state index in [2.05, 4.69) is 55.3 Å². The van der Waals surface area contributed by atoms with Gasteiger partial charge in [0.05, 0.1) is 5.92 Å². The minimum atomic E-state index is 0.0764. The highest BCUT2D eigenvalue weighted by Crippen LogP contribution is 2.08. The van der Waals surface area contributed by atoms with Crippen LogP contribution < -0.4 is 0 Å². The molecule has 19 heavy (non-hydrogen) atoms. The minimum Gasteiger partial charge on any atom is -0.106 e. The molecule has 0 aromatic rings. The molecule has 0 aliphatic carbocycles. The van der Waals surface area contributed by atoms with Crippen molar-refractivity contribution in [2.24, 2.45) is 5.92 Å². The van der Waals surface area contributed by atoms with Crippen LogP contribution in [0.5, 0.6) is 0 Å². The SMILES string of the molecule is C#CC#CC(C#CC#CCCCCC)CCCCC. The normalized spacial score (nSPS) is 9.74.